The van der Waals surface area contributed by atoms with Gasteiger partial charge < -0.3 is 9.64 Å². The number of ether oxygens (including phenoxy) is 1. The van der Waals surface area contributed by atoms with Crippen LogP contribution in [0.2, 0.25) is 0 Å². The van der Waals surface area contributed by atoms with E-state index in [1.807, 2.05) is 4.90 Å². The number of nitrogens with zero attached hydrogens (tertiary/aromatic N) is 4. The molecule has 0 aromatic carbocycles. The quantitative estimate of drug-likeness (QED) is 0.849. The Morgan fingerprint density at radius 2 is 2.12 bits per heavy atom. The number of halogens is 3. The number of pyridine rings is 2. The van der Waals surface area contributed by atoms with Crippen LogP contribution in [0.1, 0.15) is 17.7 Å². The van der Waals surface area contributed by atoms with Crippen molar-refractivity contribution >= 4 is 5.82 Å². The van der Waals surface area contributed by atoms with E-state index in [4.69, 9.17) is 10.00 Å². The molecule has 0 radical (unpaired) electrons. The minimum atomic E-state index is -4.49. The molecule has 0 amide bonds. The number of aromatic nitrogens is 2. The highest BCUT2D eigenvalue weighted by Crippen LogP contribution is 2.29. The summed E-state index contributed by atoms with van der Waals surface area (Å²) in [4.78, 5) is 9.73. The van der Waals surface area contributed by atoms with Gasteiger partial charge in [-0.25, -0.2) is 9.97 Å². The first-order valence-corrected chi connectivity index (χ1v) is 7.74. The van der Waals surface area contributed by atoms with Crippen LogP contribution in [0.5, 0.6) is 5.88 Å². The van der Waals surface area contributed by atoms with Crippen LogP contribution in [0.25, 0.3) is 0 Å². The van der Waals surface area contributed by atoms with Gasteiger partial charge >= 0.3 is 6.18 Å². The lowest BCUT2D eigenvalue weighted by Crippen LogP contribution is -2.23. The van der Waals surface area contributed by atoms with Gasteiger partial charge in [0.2, 0.25) is 5.88 Å². The van der Waals surface area contributed by atoms with E-state index in [0.29, 0.717) is 17.9 Å². The molecule has 130 valence electrons. The van der Waals surface area contributed by atoms with Crippen molar-refractivity contribution in [1.29, 1.82) is 5.26 Å². The summed E-state index contributed by atoms with van der Waals surface area (Å²) in [6.45, 7) is 1.61. The summed E-state index contributed by atoms with van der Waals surface area (Å²) in [6, 6.07) is 9.13. The summed E-state index contributed by atoms with van der Waals surface area (Å²) in [7, 11) is 0. The second kappa shape index (κ2) is 6.97. The van der Waals surface area contributed by atoms with Gasteiger partial charge in [0, 0.05) is 31.3 Å². The maximum atomic E-state index is 12.7. The summed E-state index contributed by atoms with van der Waals surface area (Å²) >= 11 is 0. The molecule has 3 heterocycles. The van der Waals surface area contributed by atoms with Crippen LogP contribution < -0.4 is 9.64 Å². The standard InChI is InChI=1S/C17H15F3N4O/c18-17(19,20)14-4-1-5-15(23-14)25-11-12-6-8-24(10-12)16-13(9-21)3-2-7-22-16/h1-5,7,12H,6,8,10-11H2. The lowest BCUT2D eigenvalue weighted by atomic mass is 10.1. The van der Waals surface area contributed by atoms with Crippen LogP contribution >= 0.6 is 0 Å². The fourth-order valence-electron chi connectivity index (χ4n) is 2.75. The van der Waals surface area contributed by atoms with Crippen molar-refractivity contribution in [2.24, 2.45) is 5.92 Å². The Bertz CT molecular complexity index is 788. The normalized spacial score (nSPS) is 17.4. The SMILES string of the molecule is N#Cc1cccnc1N1CCC(COc2cccc(C(F)(F)F)n2)C1. The molecular formula is C17H15F3N4O. The summed E-state index contributed by atoms with van der Waals surface area (Å²) in [6.07, 6.45) is -2.05. The summed E-state index contributed by atoms with van der Waals surface area (Å²) < 4.78 is 43.4. The van der Waals surface area contributed by atoms with E-state index >= 15 is 0 Å². The van der Waals surface area contributed by atoms with Crippen molar-refractivity contribution in [2.75, 3.05) is 24.6 Å². The maximum absolute atomic E-state index is 12.7. The molecule has 1 unspecified atom stereocenters. The molecule has 1 saturated heterocycles. The Balaban J connectivity index is 1.60. The highest BCUT2D eigenvalue weighted by atomic mass is 19.4. The molecule has 1 aliphatic heterocycles. The lowest BCUT2D eigenvalue weighted by molar-refractivity contribution is -0.141. The smallest absolute Gasteiger partial charge is 0.433 e. The van der Waals surface area contributed by atoms with Crippen molar-refractivity contribution in [2.45, 2.75) is 12.6 Å². The molecule has 2 aromatic heterocycles. The Hall–Kier alpha value is -2.82. The Morgan fingerprint density at radius 3 is 2.88 bits per heavy atom. The predicted octanol–water partition coefficient (Wildman–Crippen LogP) is 3.27. The van der Waals surface area contributed by atoms with Gasteiger partial charge in [-0.1, -0.05) is 6.07 Å². The van der Waals surface area contributed by atoms with Crippen molar-refractivity contribution in [3.05, 3.63) is 47.8 Å². The number of hydrogen-bond acceptors (Lipinski definition) is 5. The van der Waals surface area contributed by atoms with Gasteiger partial charge in [0.25, 0.3) is 0 Å². The van der Waals surface area contributed by atoms with Crippen molar-refractivity contribution < 1.29 is 17.9 Å². The zero-order valence-electron chi connectivity index (χ0n) is 13.2. The van der Waals surface area contributed by atoms with Gasteiger partial charge in [0.1, 0.15) is 17.6 Å². The van der Waals surface area contributed by atoms with Crippen LogP contribution in [0.3, 0.4) is 0 Å². The average molecular weight is 348 g/mol. The molecule has 3 rings (SSSR count). The molecule has 25 heavy (non-hydrogen) atoms. The molecule has 0 N–H and O–H groups in total. The highest BCUT2D eigenvalue weighted by Gasteiger charge is 2.33. The van der Waals surface area contributed by atoms with Crippen LogP contribution in [0.4, 0.5) is 19.0 Å². The van der Waals surface area contributed by atoms with E-state index < -0.39 is 11.9 Å². The van der Waals surface area contributed by atoms with E-state index in [0.717, 1.165) is 19.0 Å². The van der Waals surface area contributed by atoms with Crippen LogP contribution in [0.15, 0.2) is 36.5 Å². The van der Waals surface area contributed by atoms with Crippen molar-refractivity contribution in [3.63, 3.8) is 0 Å². The first-order valence-electron chi connectivity index (χ1n) is 7.74. The Labute approximate surface area is 142 Å². The molecule has 1 atom stereocenters. The van der Waals surface area contributed by atoms with Crippen molar-refractivity contribution in [1.82, 2.24) is 9.97 Å². The largest absolute Gasteiger partial charge is 0.477 e. The van der Waals surface area contributed by atoms with Gasteiger partial charge in [0.15, 0.2) is 0 Å². The molecule has 2 aromatic rings. The third-order valence-electron chi connectivity index (χ3n) is 3.97. The van der Waals surface area contributed by atoms with Gasteiger partial charge in [-0.05, 0) is 24.6 Å². The molecule has 0 bridgehead atoms. The summed E-state index contributed by atoms with van der Waals surface area (Å²) in [5.41, 5.74) is -0.464. The monoisotopic (exact) mass is 348 g/mol. The topological polar surface area (TPSA) is 62.0 Å². The average Bonchev–Trinajstić information content (AvgIpc) is 3.08. The van der Waals surface area contributed by atoms with E-state index in [9.17, 15) is 13.2 Å². The number of anilines is 1. The minimum Gasteiger partial charge on any atom is -0.477 e. The second-order valence-corrected chi connectivity index (χ2v) is 5.76. The molecule has 1 aliphatic rings. The maximum Gasteiger partial charge on any atom is 0.433 e. The Kier molecular flexibility index (Phi) is 4.74. The third-order valence-corrected chi connectivity index (χ3v) is 3.97. The van der Waals surface area contributed by atoms with E-state index in [2.05, 4.69) is 16.0 Å². The van der Waals surface area contributed by atoms with Crippen LogP contribution in [-0.4, -0.2) is 29.7 Å². The number of rotatable bonds is 4. The highest BCUT2D eigenvalue weighted by molar-refractivity contribution is 5.54. The van der Waals surface area contributed by atoms with E-state index in [-0.39, 0.29) is 18.4 Å². The van der Waals surface area contributed by atoms with Crippen LogP contribution in [0, 0.1) is 17.2 Å². The van der Waals surface area contributed by atoms with Crippen LogP contribution in [-0.2, 0) is 6.18 Å². The zero-order chi connectivity index (χ0) is 17.9. The molecular weight excluding hydrogens is 333 g/mol. The predicted molar refractivity (Wildman–Crippen MR) is 84.0 cm³/mol. The first-order chi connectivity index (χ1) is 12.0. The molecule has 5 nitrogen and oxygen atoms in total. The van der Waals surface area contributed by atoms with Crippen molar-refractivity contribution in [3.8, 4) is 11.9 Å². The number of alkyl halides is 3. The van der Waals surface area contributed by atoms with Gasteiger partial charge in [-0.15, -0.1) is 0 Å². The van der Waals surface area contributed by atoms with Gasteiger partial charge in [-0.2, -0.15) is 18.4 Å². The lowest BCUT2D eigenvalue weighted by Gasteiger charge is -2.18. The van der Waals surface area contributed by atoms with E-state index in [1.165, 1.54) is 12.1 Å². The summed E-state index contributed by atoms with van der Waals surface area (Å²) in [5, 5.41) is 9.15. The fourth-order valence-corrected chi connectivity index (χ4v) is 2.75. The molecule has 1 fully saturated rings. The second-order valence-electron chi connectivity index (χ2n) is 5.76. The molecule has 0 saturated carbocycles. The fraction of sp³-hybridized carbons (Fsp3) is 0.353. The molecule has 0 spiro atoms. The van der Waals surface area contributed by atoms with Gasteiger partial charge in [0.05, 0.1) is 12.2 Å². The zero-order valence-corrected chi connectivity index (χ0v) is 13.2. The molecule has 8 heteroatoms. The third kappa shape index (κ3) is 3.99. The summed E-state index contributed by atoms with van der Waals surface area (Å²) in [5.74, 6) is 0.721. The number of hydrogen-bond donors (Lipinski definition) is 0. The van der Waals surface area contributed by atoms with Gasteiger partial charge in [-0.3, -0.25) is 0 Å². The minimum absolute atomic E-state index is 0.0381. The van der Waals surface area contributed by atoms with E-state index in [1.54, 1.807) is 18.3 Å². The molecule has 0 aliphatic carbocycles. The Morgan fingerprint density at radius 1 is 1.28 bits per heavy atom. The first kappa shape index (κ1) is 17.0. The number of nitriles is 1.